The first kappa shape index (κ1) is 21.9. The number of alkyl carbamates (subject to hydrolysis) is 1. The van der Waals surface area contributed by atoms with Gasteiger partial charge in [0.15, 0.2) is 0 Å². The van der Waals surface area contributed by atoms with Gasteiger partial charge in [-0.15, -0.1) is 11.8 Å². The van der Waals surface area contributed by atoms with Gasteiger partial charge in [0.05, 0.1) is 13.2 Å². The van der Waals surface area contributed by atoms with E-state index in [-0.39, 0.29) is 12.0 Å². The summed E-state index contributed by atoms with van der Waals surface area (Å²) in [5.41, 5.74) is 0.355. The van der Waals surface area contributed by atoms with Crippen LogP contribution in [-0.4, -0.2) is 49.7 Å². The third-order valence-corrected chi connectivity index (χ3v) is 4.72. The molecule has 0 spiro atoms. The molecule has 2 N–H and O–H groups in total. The van der Waals surface area contributed by atoms with E-state index >= 15 is 0 Å². The summed E-state index contributed by atoms with van der Waals surface area (Å²) in [6.07, 6.45) is 4.79. The van der Waals surface area contributed by atoms with Gasteiger partial charge in [0.1, 0.15) is 17.5 Å². The van der Waals surface area contributed by atoms with Gasteiger partial charge in [0.2, 0.25) is 0 Å². The van der Waals surface area contributed by atoms with Crippen molar-refractivity contribution in [3.05, 3.63) is 30.4 Å². The molecular formula is C20H28N2O5S. The molecule has 0 fully saturated rings. The molecule has 1 heterocycles. The van der Waals surface area contributed by atoms with Crippen molar-refractivity contribution in [2.75, 3.05) is 25.2 Å². The first-order valence-electron chi connectivity index (χ1n) is 9.06. The number of methoxy groups -OCH3 is 1. The molecule has 1 aliphatic heterocycles. The second-order valence-electron chi connectivity index (χ2n) is 7.30. The van der Waals surface area contributed by atoms with Crippen LogP contribution in [0.2, 0.25) is 0 Å². The predicted octanol–water partition coefficient (Wildman–Crippen LogP) is 3.59. The molecule has 1 aromatic carbocycles. The van der Waals surface area contributed by atoms with Crippen LogP contribution >= 0.6 is 11.8 Å². The first-order chi connectivity index (χ1) is 13.2. The first-order valence-corrected chi connectivity index (χ1v) is 10.3. The molecule has 0 unspecified atom stereocenters. The highest BCUT2D eigenvalue weighted by Gasteiger charge is 2.27. The van der Waals surface area contributed by atoms with Crippen LogP contribution in [0.3, 0.4) is 0 Å². The van der Waals surface area contributed by atoms with Crippen LogP contribution in [0.15, 0.2) is 35.2 Å². The molecule has 1 aromatic rings. The minimum Gasteiger partial charge on any atom is -0.497 e. The lowest BCUT2D eigenvalue weighted by Gasteiger charge is -2.26. The number of cyclic esters (lactones) is 1. The molecule has 2 atom stereocenters. The summed E-state index contributed by atoms with van der Waals surface area (Å²) in [6, 6.07) is 5.53. The molecule has 0 aliphatic carbocycles. The zero-order valence-electron chi connectivity index (χ0n) is 16.9. The number of esters is 1. The van der Waals surface area contributed by atoms with Crippen LogP contribution in [0.25, 0.3) is 0 Å². The van der Waals surface area contributed by atoms with E-state index in [0.717, 1.165) is 16.3 Å². The molecule has 0 bridgehead atoms. The maximum absolute atomic E-state index is 11.9. The minimum absolute atomic E-state index is 0.211. The van der Waals surface area contributed by atoms with Crippen LogP contribution in [0.5, 0.6) is 5.75 Å². The molecule has 1 aliphatic rings. The average Bonchev–Trinajstić information content (AvgIpc) is 3.05. The minimum atomic E-state index is -0.554. The average molecular weight is 409 g/mol. The monoisotopic (exact) mass is 408 g/mol. The van der Waals surface area contributed by atoms with Crippen molar-refractivity contribution in [2.45, 2.75) is 49.8 Å². The smallest absolute Gasteiger partial charge is 0.407 e. The zero-order valence-corrected chi connectivity index (χ0v) is 17.7. The van der Waals surface area contributed by atoms with Crippen molar-refractivity contribution in [1.82, 2.24) is 5.32 Å². The van der Waals surface area contributed by atoms with E-state index in [1.807, 2.05) is 45.2 Å². The second-order valence-corrected chi connectivity index (χ2v) is 8.14. The number of rotatable bonds is 8. The molecule has 0 saturated carbocycles. The number of hydrogen-bond donors (Lipinski definition) is 2. The second kappa shape index (κ2) is 9.73. The van der Waals surface area contributed by atoms with Crippen LogP contribution in [0.4, 0.5) is 10.5 Å². The van der Waals surface area contributed by atoms with Crippen LogP contribution in [0.1, 0.15) is 27.2 Å². The molecule has 154 valence electrons. The van der Waals surface area contributed by atoms with Gasteiger partial charge in [0, 0.05) is 23.2 Å². The quantitative estimate of drug-likeness (QED) is 0.502. The third kappa shape index (κ3) is 6.67. The SMILES string of the molecule is COc1ccc(N[C@@H](CCNC(=O)OC(C)(C)C)[C@H]2C=CC(=O)O2)c(SC)c1. The lowest BCUT2D eigenvalue weighted by molar-refractivity contribution is -0.139. The summed E-state index contributed by atoms with van der Waals surface area (Å²) in [4.78, 5) is 24.4. The van der Waals surface area contributed by atoms with Crippen LogP contribution < -0.4 is 15.4 Å². The molecule has 7 nitrogen and oxygen atoms in total. The molecule has 1 amide bonds. The van der Waals surface area contributed by atoms with Crippen molar-refractivity contribution >= 4 is 29.5 Å². The van der Waals surface area contributed by atoms with Crippen molar-refractivity contribution < 1.29 is 23.8 Å². The van der Waals surface area contributed by atoms with Crippen molar-refractivity contribution in [3.63, 3.8) is 0 Å². The van der Waals surface area contributed by atoms with Gasteiger partial charge in [-0.2, -0.15) is 0 Å². The fraction of sp³-hybridized carbons (Fsp3) is 0.500. The summed E-state index contributed by atoms with van der Waals surface area (Å²) < 4.78 is 15.9. The Morgan fingerprint density at radius 2 is 2.11 bits per heavy atom. The number of amides is 1. The highest BCUT2D eigenvalue weighted by Crippen LogP contribution is 2.31. The van der Waals surface area contributed by atoms with E-state index in [0.29, 0.717) is 13.0 Å². The lowest BCUT2D eigenvalue weighted by Crippen LogP contribution is -2.39. The summed E-state index contributed by atoms with van der Waals surface area (Å²) in [6.45, 7) is 5.81. The maximum atomic E-state index is 11.9. The van der Waals surface area contributed by atoms with Gasteiger partial charge in [-0.25, -0.2) is 9.59 Å². The zero-order chi connectivity index (χ0) is 20.7. The summed E-state index contributed by atoms with van der Waals surface area (Å²) >= 11 is 1.59. The Kier molecular flexibility index (Phi) is 7.62. The van der Waals surface area contributed by atoms with E-state index in [1.54, 1.807) is 24.9 Å². The van der Waals surface area contributed by atoms with Gasteiger partial charge in [-0.05, 0) is 57.7 Å². The number of ether oxygens (including phenoxy) is 3. The molecule has 8 heteroatoms. The Balaban J connectivity index is 2.05. The van der Waals surface area contributed by atoms with E-state index in [9.17, 15) is 9.59 Å². The number of carbonyl (C=O) groups is 2. The van der Waals surface area contributed by atoms with Crippen LogP contribution in [0, 0.1) is 0 Å². The number of hydrogen-bond acceptors (Lipinski definition) is 7. The Hall–Kier alpha value is -2.35. The van der Waals surface area contributed by atoms with E-state index < -0.39 is 17.8 Å². The normalized spacial score (nSPS) is 17.0. The Labute approximate surface area is 170 Å². The fourth-order valence-corrected chi connectivity index (χ4v) is 3.26. The maximum Gasteiger partial charge on any atom is 0.407 e. The number of carbonyl (C=O) groups excluding carboxylic acids is 2. The van der Waals surface area contributed by atoms with Crippen molar-refractivity contribution in [2.24, 2.45) is 0 Å². The van der Waals surface area contributed by atoms with E-state index in [2.05, 4.69) is 10.6 Å². The Morgan fingerprint density at radius 1 is 1.36 bits per heavy atom. The Morgan fingerprint density at radius 3 is 2.68 bits per heavy atom. The van der Waals surface area contributed by atoms with Gasteiger partial charge in [-0.1, -0.05) is 0 Å². The molecule has 28 heavy (non-hydrogen) atoms. The largest absolute Gasteiger partial charge is 0.497 e. The van der Waals surface area contributed by atoms with E-state index in [1.165, 1.54) is 6.08 Å². The van der Waals surface area contributed by atoms with E-state index in [4.69, 9.17) is 14.2 Å². The third-order valence-electron chi connectivity index (χ3n) is 3.94. The predicted molar refractivity (Wildman–Crippen MR) is 110 cm³/mol. The summed E-state index contributed by atoms with van der Waals surface area (Å²) in [7, 11) is 1.63. The van der Waals surface area contributed by atoms with Gasteiger partial charge in [0.25, 0.3) is 0 Å². The fourth-order valence-electron chi connectivity index (χ4n) is 2.68. The molecule has 0 aromatic heterocycles. The van der Waals surface area contributed by atoms with Gasteiger partial charge >= 0.3 is 12.1 Å². The summed E-state index contributed by atoms with van der Waals surface area (Å²) in [5, 5.41) is 6.18. The van der Waals surface area contributed by atoms with Crippen LogP contribution in [-0.2, 0) is 14.3 Å². The highest BCUT2D eigenvalue weighted by atomic mass is 32.2. The highest BCUT2D eigenvalue weighted by molar-refractivity contribution is 7.98. The topological polar surface area (TPSA) is 85.9 Å². The molecular weight excluding hydrogens is 380 g/mol. The molecule has 2 rings (SSSR count). The van der Waals surface area contributed by atoms with Crippen molar-refractivity contribution in [1.29, 1.82) is 0 Å². The van der Waals surface area contributed by atoms with Crippen molar-refractivity contribution in [3.8, 4) is 5.75 Å². The van der Waals surface area contributed by atoms with Gasteiger partial charge < -0.3 is 24.8 Å². The number of anilines is 1. The molecule has 0 saturated heterocycles. The number of nitrogens with one attached hydrogen (secondary N) is 2. The molecule has 0 radical (unpaired) electrons. The number of benzene rings is 1. The summed E-state index contributed by atoms with van der Waals surface area (Å²) in [5.74, 6) is 0.405. The van der Waals surface area contributed by atoms with Gasteiger partial charge in [-0.3, -0.25) is 0 Å². The lowest BCUT2D eigenvalue weighted by atomic mass is 10.1. The Bertz CT molecular complexity index is 730. The number of thioether (sulfide) groups is 1. The standard InChI is InChI=1S/C20H28N2O5S/c1-20(2,3)27-19(24)21-11-10-14(16-8-9-18(23)26-16)22-15-7-6-13(25-4)12-17(15)28-5/h6-9,12,14,16,22H,10-11H2,1-5H3,(H,21,24)/t14-,16+/m0/s1.